The Bertz CT molecular complexity index is 517. The van der Waals surface area contributed by atoms with Crippen LogP contribution in [-0.2, 0) is 9.53 Å². The zero-order chi connectivity index (χ0) is 15.1. The Morgan fingerprint density at radius 2 is 1.52 bits per heavy atom. The summed E-state index contributed by atoms with van der Waals surface area (Å²) in [4.78, 5) is 12.0. The van der Waals surface area contributed by atoms with Crippen molar-refractivity contribution in [2.45, 2.75) is 18.5 Å². The second-order valence-corrected chi connectivity index (χ2v) is 5.80. The maximum Gasteiger partial charge on any atom is 0.346 e. The van der Waals surface area contributed by atoms with Gasteiger partial charge in [0.2, 0.25) is 0 Å². The van der Waals surface area contributed by atoms with Crippen molar-refractivity contribution >= 4 is 17.7 Å². The highest BCUT2D eigenvalue weighted by atomic mass is 32.2. The first-order valence-electron chi connectivity index (χ1n) is 6.82. The number of benzene rings is 2. The zero-order valence-corrected chi connectivity index (χ0v) is 12.6. The van der Waals surface area contributed by atoms with E-state index in [2.05, 4.69) is 0 Å². The summed E-state index contributed by atoms with van der Waals surface area (Å²) < 4.78 is 5.53. The third kappa shape index (κ3) is 4.34. The fraction of sp³-hybridized carbons (Fsp3) is 0.235. The van der Waals surface area contributed by atoms with Crippen LogP contribution in [0.4, 0.5) is 0 Å². The van der Waals surface area contributed by atoms with Crippen molar-refractivity contribution in [2.24, 2.45) is 0 Å². The Balaban J connectivity index is 2.23. The first kappa shape index (κ1) is 15.6. The van der Waals surface area contributed by atoms with Crippen molar-refractivity contribution in [1.29, 1.82) is 0 Å². The molecule has 0 aromatic heterocycles. The second-order valence-electron chi connectivity index (χ2n) is 4.45. The summed E-state index contributed by atoms with van der Waals surface area (Å²) in [7, 11) is 0. The molecular weight excluding hydrogens is 284 g/mol. The van der Waals surface area contributed by atoms with Crippen molar-refractivity contribution in [2.75, 3.05) is 5.75 Å². The Hall–Kier alpha value is -1.78. The van der Waals surface area contributed by atoms with Crippen LogP contribution in [-0.4, -0.2) is 22.3 Å². The van der Waals surface area contributed by atoms with E-state index in [1.165, 1.54) is 0 Å². The quantitative estimate of drug-likeness (QED) is 0.656. The van der Waals surface area contributed by atoms with Gasteiger partial charge in [-0.05, 0) is 16.9 Å². The van der Waals surface area contributed by atoms with Crippen molar-refractivity contribution in [1.82, 2.24) is 0 Å². The van der Waals surface area contributed by atoms with E-state index in [4.69, 9.17) is 4.74 Å². The number of esters is 1. The highest BCUT2D eigenvalue weighted by Crippen LogP contribution is 2.27. The molecule has 0 saturated carbocycles. The van der Waals surface area contributed by atoms with Gasteiger partial charge in [0.15, 0.2) is 11.5 Å². The van der Waals surface area contributed by atoms with Crippen molar-refractivity contribution in [3.8, 4) is 0 Å². The van der Waals surface area contributed by atoms with Crippen LogP contribution in [0.3, 0.4) is 0 Å². The lowest BCUT2D eigenvalue weighted by Crippen LogP contribution is -2.23. The van der Waals surface area contributed by atoms with Gasteiger partial charge in [-0.25, -0.2) is 4.79 Å². The predicted molar refractivity (Wildman–Crippen MR) is 85.0 cm³/mol. The normalized spacial score (nSPS) is 12.1. The summed E-state index contributed by atoms with van der Waals surface area (Å²) in [6.07, 6.45) is -0.507. The molecule has 3 nitrogen and oxygen atoms in total. The van der Waals surface area contributed by atoms with E-state index in [0.717, 1.165) is 22.9 Å². The van der Waals surface area contributed by atoms with Crippen molar-refractivity contribution in [3.05, 3.63) is 71.8 Å². The summed E-state index contributed by atoms with van der Waals surface area (Å²) in [5.41, 5.74) is 0.612. The molecule has 0 bridgehead atoms. The van der Waals surface area contributed by atoms with E-state index in [1.807, 2.05) is 67.6 Å². The van der Waals surface area contributed by atoms with E-state index in [1.54, 1.807) is 0 Å². The van der Waals surface area contributed by atoms with Crippen LogP contribution in [0.5, 0.6) is 0 Å². The van der Waals surface area contributed by atoms with Gasteiger partial charge >= 0.3 is 5.97 Å². The number of hydrogen-bond acceptors (Lipinski definition) is 4. The molecule has 0 aliphatic rings. The van der Waals surface area contributed by atoms with Crippen LogP contribution in [0.1, 0.15) is 24.2 Å². The van der Waals surface area contributed by atoms with Gasteiger partial charge in [0.1, 0.15) is 0 Å². The van der Waals surface area contributed by atoms with Crippen LogP contribution in [0.15, 0.2) is 60.7 Å². The SMILES string of the molecule is CCSC(O)C(=O)OC(c1ccccc1)c1ccccc1. The molecule has 0 aliphatic heterocycles. The summed E-state index contributed by atoms with van der Waals surface area (Å²) in [6, 6.07) is 19.0. The molecule has 0 fully saturated rings. The number of carbonyl (C=O) groups is 1. The number of aliphatic hydroxyl groups is 1. The van der Waals surface area contributed by atoms with E-state index >= 15 is 0 Å². The second kappa shape index (κ2) is 7.86. The Labute approximate surface area is 129 Å². The minimum atomic E-state index is -1.15. The molecule has 1 N–H and O–H groups in total. The van der Waals surface area contributed by atoms with Gasteiger partial charge in [-0.2, -0.15) is 0 Å². The average molecular weight is 302 g/mol. The Morgan fingerprint density at radius 1 is 1.05 bits per heavy atom. The first-order chi connectivity index (χ1) is 10.2. The lowest BCUT2D eigenvalue weighted by Gasteiger charge is -2.20. The maximum absolute atomic E-state index is 12.0. The number of rotatable bonds is 6. The molecule has 1 unspecified atom stereocenters. The highest BCUT2D eigenvalue weighted by molar-refractivity contribution is 8.00. The predicted octanol–water partition coefficient (Wildman–Crippen LogP) is 3.39. The van der Waals surface area contributed by atoms with Crippen LogP contribution in [0, 0.1) is 0 Å². The fourth-order valence-corrected chi connectivity index (χ4v) is 2.49. The van der Waals surface area contributed by atoms with Gasteiger partial charge in [-0.3, -0.25) is 0 Å². The van der Waals surface area contributed by atoms with E-state index in [-0.39, 0.29) is 0 Å². The Morgan fingerprint density at radius 3 is 1.95 bits per heavy atom. The summed E-state index contributed by atoms with van der Waals surface area (Å²) in [6.45, 7) is 1.88. The topological polar surface area (TPSA) is 46.5 Å². The smallest absolute Gasteiger partial charge is 0.346 e. The molecule has 0 amide bonds. The zero-order valence-electron chi connectivity index (χ0n) is 11.8. The monoisotopic (exact) mass is 302 g/mol. The van der Waals surface area contributed by atoms with E-state index < -0.39 is 17.5 Å². The summed E-state index contributed by atoms with van der Waals surface area (Å²) in [5, 5.41) is 9.75. The summed E-state index contributed by atoms with van der Waals surface area (Å²) in [5.74, 6) is 0.0389. The minimum Gasteiger partial charge on any atom is -0.450 e. The van der Waals surface area contributed by atoms with Crippen LogP contribution in [0.2, 0.25) is 0 Å². The first-order valence-corrected chi connectivity index (χ1v) is 7.87. The largest absolute Gasteiger partial charge is 0.450 e. The lowest BCUT2D eigenvalue weighted by molar-refractivity contribution is -0.152. The number of hydrogen-bond donors (Lipinski definition) is 1. The van der Waals surface area contributed by atoms with Gasteiger partial charge in [0, 0.05) is 0 Å². The number of thioether (sulfide) groups is 1. The molecular formula is C17H18O3S. The van der Waals surface area contributed by atoms with Crippen LogP contribution in [0.25, 0.3) is 0 Å². The van der Waals surface area contributed by atoms with Gasteiger partial charge in [0.05, 0.1) is 0 Å². The Kier molecular flexibility index (Phi) is 5.84. The molecule has 0 aliphatic carbocycles. The van der Waals surface area contributed by atoms with E-state index in [9.17, 15) is 9.90 Å². The molecule has 0 radical (unpaired) electrons. The molecule has 1 atom stereocenters. The van der Waals surface area contributed by atoms with E-state index in [0.29, 0.717) is 5.75 Å². The van der Waals surface area contributed by atoms with Gasteiger partial charge in [0.25, 0.3) is 0 Å². The number of ether oxygens (including phenoxy) is 1. The van der Waals surface area contributed by atoms with Gasteiger partial charge in [-0.15, -0.1) is 11.8 Å². The summed E-state index contributed by atoms with van der Waals surface area (Å²) >= 11 is 1.15. The molecule has 0 saturated heterocycles. The molecule has 2 rings (SSSR count). The minimum absolute atomic E-state index is 0.507. The lowest BCUT2D eigenvalue weighted by atomic mass is 10.0. The van der Waals surface area contributed by atoms with Gasteiger partial charge < -0.3 is 9.84 Å². The highest BCUT2D eigenvalue weighted by Gasteiger charge is 2.23. The number of carbonyl (C=O) groups excluding carboxylic acids is 1. The van der Waals surface area contributed by atoms with Crippen molar-refractivity contribution in [3.63, 3.8) is 0 Å². The molecule has 2 aromatic carbocycles. The number of aliphatic hydroxyl groups excluding tert-OH is 1. The molecule has 4 heteroatoms. The molecule has 2 aromatic rings. The third-order valence-electron chi connectivity index (χ3n) is 2.96. The fourth-order valence-electron chi connectivity index (χ4n) is 1.98. The van der Waals surface area contributed by atoms with Crippen molar-refractivity contribution < 1.29 is 14.6 Å². The molecule has 110 valence electrons. The maximum atomic E-state index is 12.0. The standard InChI is InChI=1S/C17H18O3S/c1-2-21-17(19)16(18)20-15(13-9-5-3-6-10-13)14-11-7-4-8-12-14/h3-12,15,17,19H,2H2,1H3. The van der Waals surface area contributed by atoms with Gasteiger partial charge in [-0.1, -0.05) is 67.6 Å². The van der Waals surface area contributed by atoms with Crippen LogP contribution < -0.4 is 0 Å². The molecule has 0 spiro atoms. The van der Waals surface area contributed by atoms with Crippen LogP contribution >= 0.6 is 11.8 Å². The third-order valence-corrected chi connectivity index (χ3v) is 3.81. The molecule has 0 heterocycles. The average Bonchev–Trinajstić information content (AvgIpc) is 2.54. The molecule has 21 heavy (non-hydrogen) atoms.